The highest BCUT2D eigenvalue weighted by atomic mass is 79.9. The van der Waals surface area contributed by atoms with E-state index in [9.17, 15) is 8.78 Å². The molecule has 0 unspecified atom stereocenters. The first-order chi connectivity index (χ1) is 7.13. The van der Waals surface area contributed by atoms with Crippen molar-refractivity contribution in [2.24, 2.45) is 0 Å². The normalized spacial score (nSPS) is 11.5. The van der Waals surface area contributed by atoms with E-state index in [-0.39, 0.29) is 5.56 Å². The van der Waals surface area contributed by atoms with Crippen molar-refractivity contribution in [1.82, 2.24) is 9.97 Å². The van der Waals surface area contributed by atoms with Crippen LogP contribution in [0.3, 0.4) is 0 Å². The Kier molecular flexibility index (Phi) is 3.06. The standard InChI is InChI=1S/C9H6Br2F2N2/c10-3-5-4(8(12)13)1-2-6-7(5)15-9(11)14-6/h1-2,8H,3H2,(H,14,15). The number of benzene rings is 1. The summed E-state index contributed by atoms with van der Waals surface area (Å²) in [6.45, 7) is 0. The second-order valence-electron chi connectivity index (χ2n) is 2.99. The summed E-state index contributed by atoms with van der Waals surface area (Å²) >= 11 is 6.38. The number of nitrogens with zero attached hydrogens (tertiary/aromatic N) is 1. The molecule has 0 bridgehead atoms. The molecule has 2 nitrogen and oxygen atoms in total. The van der Waals surface area contributed by atoms with Gasteiger partial charge in [0.15, 0.2) is 4.73 Å². The van der Waals surface area contributed by atoms with E-state index in [1.54, 1.807) is 6.07 Å². The van der Waals surface area contributed by atoms with Crippen LogP contribution in [-0.4, -0.2) is 9.97 Å². The lowest BCUT2D eigenvalue weighted by Crippen LogP contribution is -1.93. The smallest absolute Gasteiger partial charge is 0.264 e. The van der Waals surface area contributed by atoms with Crippen LogP contribution in [0.2, 0.25) is 0 Å². The Morgan fingerprint density at radius 2 is 2.13 bits per heavy atom. The van der Waals surface area contributed by atoms with Crippen molar-refractivity contribution in [1.29, 1.82) is 0 Å². The summed E-state index contributed by atoms with van der Waals surface area (Å²) in [6.07, 6.45) is -2.47. The second kappa shape index (κ2) is 4.17. The Hall–Kier alpha value is -0.490. The molecule has 2 aromatic rings. The number of halogens is 4. The molecule has 0 aliphatic carbocycles. The first-order valence-corrected chi connectivity index (χ1v) is 6.06. The zero-order valence-corrected chi connectivity index (χ0v) is 10.6. The minimum absolute atomic E-state index is 0.0263. The van der Waals surface area contributed by atoms with Gasteiger partial charge in [0.2, 0.25) is 0 Å². The Labute approximate surface area is 101 Å². The highest BCUT2D eigenvalue weighted by Crippen LogP contribution is 2.30. The summed E-state index contributed by atoms with van der Waals surface area (Å²) in [5, 5.41) is 0.362. The fourth-order valence-corrected chi connectivity index (χ4v) is 2.44. The molecular weight excluding hydrogens is 334 g/mol. The number of H-pyrrole nitrogens is 1. The van der Waals surface area contributed by atoms with E-state index in [1.807, 2.05) is 0 Å². The van der Waals surface area contributed by atoms with Crippen LogP contribution in [0.25, 0.3) is 11.0 Å². The number of aromatic amines is 1. The molecule has 0 saturated heterocycles. The topological polar surface area (TPSA) is 28.7 Å². The number of aromatic nitrogens is 2. The average Bonchev–Trinajstić information content (AvgIpc) is 2.55. The van der Waals surface area contributed by atoms with Gasteiger partial charge in [0.25, 0.3) is 6.43 Å². The largest absolute Gasteiger partial charge is 0.332 e. The summed E-state index contributed by atoms with van der Waals surface area (Å²) in [4.78, 5) is 7.06. The van der Waals surface area contributed by atoms with Crippen LogP contribution in [-0.2, 0) is 5.33 Å². The Morgan fingerprint density at radius 3 is 2.73 bits per heavy atom. The predicted octanol–water partition coefficient (Wildman–Crippen LogP) is 4.16. The average molecular weight is 340 g/mol. The van der Waals surface area contributed by atoms with Gasteiger partial charge in [-0.15, -0.1) is 0 Å². The zero-order chi connectivity index (χ0) is 11.0. The lowest BCUT2D eigenvalue weighted by Gasteiger charge is -2.06. The molecule has 0 aliphatic rings. The summed E-state index contributed by atoms with van der Waals surface area (Å²) < 4.78 is 25.9. The molecule has 0 amide bonds. The maximum atomic E-state index is 12.7. The third-order valence-corrected chi connectivity index (χ3v) is 3.07. The summed E-state index contributed by atoms with van der Waals surface area (Å²) in [5.41, 5.74) is 1.89. The number of hydrogen-bond donors (Lipinski definition) is 1. The number of alkyl halides is 3. The van der Waals surface area contributed by atoms with Crippen molar-refractivity contribution in [3.63, 3.8) is 0 Å². The van der Waals surface area contributed by atoms with E-state index >= 15 is 0 Å². The number of nitrogens with one attached hydrogen (secondary N) is 1. The van der Waals surface area contributed by atoms with Crippen molar-refractivity contribution in [2.45, 2.75) is 11.8 Å². The quantitative estimate of drug-likeness (QED) is 0.818. The first-order valence-electron chi connectivity index (χ1n) is 4.14. The van der Waals surface area contributed by atoms with Crippen molar-refractivity contribution >= 4 is 42.9 Å². The van der Waals surface area contributed by atoms with Crippen LogP contribution < -0.4 is 0 Å². The molecule has 1 aromatic heterocycles. The van der Waals surface area contributed by atoms with Gasteiger partial charge < -0.3 is 4.98 Å². The molecule has 6 heteroatoms. The van der Waals surface area contributed by atoms with Crippen LogP contribution in [0.1, 0.15) is 17.6 Å². The molecule has 0 radical (unpaired) electrons. The molecular formula is C9H6Br2F2N2. The van der Waals surface area contributed by atoms with Gasteiger partial charge in [0.05, 0.1) is 11.0 Å². The number of imidazole rings is 1. The predicted molar refractivity (Wildman–Crippen MR) is 61.4 cm³/mol. The highest BCUT2D eigenvalue weighted by molar-refractivity contribution is 9.10. The second-order valence-corrected chi connectivity index (χ2v) is 4.30. The fraction of sp³-hybridized carbons (Fsp3) is 0.222. The van der Waals surface area contributed by atoms with Crippen molar-refractivity contribution in [3.8, 4) is 0 Å². The minimum Gasteiger partial charge on any atom is -0.332 e. The van der Waals surface area contributed by atoms with Gasteiger partial charge in [-0.2, -0.15) is 0 Å². The van der Waals surface area contributed by atoms with Crippen LogP contribution >= 0.6 is 31.9 Å². The molecule has 0 spiro atoms. The van der Waals surface area contributed by atoms with E-state index in [1.165, 1.54) is 6.07 Å². The minimum atomic E-state index is -2.47. The fourth-order valence-electron chi connectivity index (χ4n) is 1.46. The van der Waals surface area contributed by atoms with Gasteiger partial charge in [-0.3, -0.25) is 0 Å². The van der Waals surface area contributed by atoms with Crippen molar-refractivity contribution in [3.05, 3.63) is 28.0 Å². The maximum Gasteiger partial charge on any atom is 0.264 e. The van der Waals surface area contributed by atoms with Gasteiger partial charge in [-0.1, -0.05) is 22.0 Å². The summed E-state index contributed by atoms with van der Waals surface area (Å²) in [6, 6.07) is 3.04. The molecule has 80 valence electrons. The molecule has 2 rings (SSSR count). The molecule has 15 heavy (non-hydrogen) atoms. The SMILES string of the molecule is FC(F)c1ccc2[nH]c(Br)nc2c1CBr. The zero-order valence-electron chi connectivity index (χ0n) is 7.40. The summed E-state index contributed by atoms with van der Waals surface area (Å²) in [5.74, 6) is 0. The lowest BCUT2D eigenvalue weighted by molar-refractivity contribution is 0.150. The molecule has 1 aromatic carbocycles. The third-order valence-electron chi connectivity index (χ3n) is 2.14. The molecule has 0 fully saturated rings. The van der Waals surface area contributed by atoms with Crippen LogP contribution in [0, 0.1) is 0 Å². The lowest BCUT2D eigenvalue weighted by atomic mass is 10.1. The van der Waals surface area contributed by atoms with E-state index in [4.69, 9.17) is 0 Å². The molecule has 1 heterocycles. The van der Waals surface area contributed by atoms with Crippen molar-refractivity contribution < 1.29 is 8.78 Å². The number of fused-ring (bicyclic) bond motifs is 1. The molecule has 0 saturated carbocycles. The monoisotopic (exact) mass is 338 g/mol. The van der Waals surface area contributed by atoms with Crippen molar-refractivity contribution in [2.75, 3.05) is 0 Å². The first kappa shape index (κ1) is 11.0. The third kappa shape index (κ3) is 1.92. The van der Waals surface area contributed by atoms with E-state index < -0.39 is 6.43 Å². The highest BCUT2D eigenvalue weighted by Gasteiger charge is 2.16. The van der Waals surface area contributed by atoms with E-state index in [2.05, 4.69) is 41.8 Å². The van der Waals surface area contributed by atoms with Gasteiger partial charge >= 0.3 is 0 Å². The van der Waals surface area contributed by atoms with E-state index in [0.717, 1.165) is 5.52 Å². The van der Waals surface area contributed by atoms with Crippen LogP contribution in [0.5, 0.6) is 0 Å². The molecule has 1 N–H and O–H groups in total. The Bertz CT molecular complexity index is 496. The molecule has 0 aliphatic heterocycles. The van der Waals surface area contributed by atoms with Gasteiger partial charge in [0, 0.05) is 10.9 Å². The Morgan fingerprint density at radius 1 is 1.40 bits per heavy atom. The van der Waals surface area contributed by atoms with Gasteiger partial charge in [-0.05, 0) is 27.6 Å². The van der Waals surface area contributed by atoms with E-state index in [0.29, 0.717) is 21.1 Å². The molecule has 0 atom stereocenters. The van der Waals surface area contributed by atoms with Gasteiger partial charge in [0.1, 0.15) is 0 Å². The van der Waals surface area contributed by atoms with Gasteiger partial charge in [-0.25, -0.2) is 13.8 Å². The maximum absolute atomic E-state index is 12.7. The van der Waals surface area contributed by atoms with Crippen LogP contribution in [0.4, 0.5) is 8.78 Å². The Balaban J connectivity index is 2.74. The number of rotatable bonds is 2. The van der Waals surface area contributed by atoms with Crippen LogP contribution in [0.15, 0.2) is 16.9 Å². The summed E-state index contributed by atoms with van der Waals surface area (Å²) in [7, 11) is 0. The number of hydrogen-bond acceptors (Lipinski definition) is 1.